The van der Waals surface area contributed by atoms with Crippen molar-refractivity contribution in [3.8, 4) is 0 Å². The van der Waals surface area contributed by atoms with E-state index in [1.165, 1.54) is 76.2 Å². The Morgan fingerprint density at radius 1 is 0.750 bits per heavy atom. The van der Waals surface area contributed by atoms with E-state index in [0.717, 1.165) is 29.5 Å². The van der Waals surface area contributed by atoms with E-state index in [2.05, 4.69) is 17.0 Å². The van der Waals surface area contributed by atoms with Crippen LogP contribution < -0.4 is 11.5 Å². The van der Waals surface area contributed by atoms with Crippen molar-refractivity contribution in [2.45, 2.75) is 94.7 Å². The SMILES string of the molecule is Nc1cccc([C@@H]2C[C@H]3CC[C@@H](C2)N3C2CCCCCCC2)c1N. The number of nitrogens with zero attached hydrogens (tertiary/aromatic N) is 1. The summed E-state index contributed by atoms with van der Waals surface area (Å²) in [6, 6.07) is 8.61. The number of piperidine rings is 1. The first kappa shape index (κ1) is 16.3. The van der Waals surface area contributed by atoms with E-state index in [1.807, 2.05) is 6.07 Å². The highest BCUT2D eigenvalue weighted by molar-refractivity contribution is 5.68. The van der Waals surface area contributed by atoms with E-state index in [9.17, 15) is 0 Å². The first-order valence-corrected chi connectivity index (χ1v) is 10.2. The molecule has 2 bridgehead atoms. The zero-order valence-electron chi connectivity index (χ0n) is 14.9. The monoisotopic (exact) mass is 327 g/mol. The summed E-state index contributed by atoms with van der Waals surface area (Å²) in [6.07, 6.45) is 15.4. The lowest BCUT2D eigenvalue weighted by Crippen LogP contribution is -2.48. The number of hydrogen-bond donors (Lipinski definition) is 2. The molecule has 3 fully saturated rings. The lowest BCUT2D eigenvalue weighted by molar-refractivity contribution is 0.0622. The summed E-state index contributed by atoms with van der Waals surface area (Å²) in [5, 5.41) is 0. The molecule has 3 atom stereocenters. The molecule has 1 saturated carbocycles. The molecule has 0 aromatic heterocycles. The van der Waals surface area contributed by atoms with Crippen LogP contribution in [0.5, 0.6) is 0 Å². The second-order valence-corrected chi connectivity index (χ2v) is 8.35. The van der Waals surface area contributed by atoms with Crippen molar-refractivity contribution >= 4 is 11.4 Å². The fourth-order valence-corrected chi connectivity index (χ4v) is 5.75. The average molecular weight is 328 g/mol. The molecule has 2 heterocycles. The van der Waals surface area contributed by atoms with Gasteiger partial charge >= 0.3 is 0 Å². The van der Waals surface area contributed by atoms with Crippen LogP contribution in [0.2, 0.25) is 0 Å². The van der Waals surface area contributed by atoms with Crippen molar-refractivity contribution in [2.24, 2.45) is 0 Å². The quantitative estimate of drug-likeness (QED) is 0.776. The maximum Gasteiger partial charge on any atom is 0.0583 e. The van der Waals surface area contributed by atoms with Crippen molar-refractivity contribution in [3.05, 3.63) is 23.8 Å². The molecule has 3 aliphatic rings. The van der Waals surface area contributed by atoms with Gasteiger partial charge in [-0.1, -0.05) is 44.2 Å². The van der Waals surface area contributed by atoms with Gasteiger partial charge in [-0.2, -0.15) is 0 Å². The lowest BCUT2D eigenvalue weighted by Gasteiger charge is -2.44. The van der Waals surface area contributed by atoms with Gasteiger partial charge in [0.2, 0.25) is 0 Å². The molecule has 0 radical (unpaired) electrons. The molecule has 132 valence electrons. The number of nitrogen functional groups attached to an aromatic ring is 2. The minimum Gasteiger partial charge on any atom is -0.397 e. The van der Waals surface area contributed by atoms with Crippen LogP contribution in [-0.4, -0.2) is 23.0 Å². The van der Waals surface area contributed by atoms with Crippen molar-refractivity contribution in [2.75, 3.05) is 11.5 Å². The molecule has 4 N–H and O–H groups in total. The molecule has 3 heteroatoms. The molecular weight excluding hydrogens is 294 g/mol. The molecule has 4 rings (SSSR count). The van der Waals surface area contributed by atoms with E-state index < -0.39 is 0 Å². The first-order chi connectivity index (χ1) is 11.7. The molecule has 0 spiro atoms. The van der Waals surface area contributed by atoms with Gasteiger partial charge in [0.05, 0.1) is 11.4 Å². The van der Waals surface area contributed by atoms with Gasteiger partial charge < -0.3 is 11.5 Å². The zero-order chi connectivity index (χ0) is 16.5. The van der Waals surface area contributed by atoms with E-state index in [4.69, 9.17) is 11.5 Å². The van der Waals surface area contributed by atoms with Gasteiger partial charge in [0.25, 0.3) is 0 Å². The normalized spacial score (nSPS) is 32.4. The molecule has 1 aromatic rings. The van der Waals surface area contributed by atoms with Crippen molar-refractivity contribution < 1.29 is 0 Å². The zero-order valence-corrected chi connectivity index (χ0v) is 14.9. The maximum atomic E-state index is 6.30. The molecule has 1 aromatic carbocycles. The Bertz CT molecular complexity index is 548. The summed E-state index contributed by atoms with van der Waals surface area (Å²) in [5.74, 6) is 0.607. The van der Waals surface area contributed by atoms with E-state index in [0.29, 0.717) is 5.92 Å². The number of nitrogens with two attached hydrogens (primary N) is 2. The van der Waals surface area contributed by atoms with Crippen LogP contribution in [0.1, 0.15) is 82.1 Å². The summed E-state index contributed by atoms with van der Waals surface area (Å²) in [7, 11) is 0. The van der Waals surface area contributed by atoms with Crippen molar-refractivity contribution in [3.63, 3.8) is 0 Å². The molecule has 0 amide bonds. The lowest BCUT2D eigenvalue weighted by atomic mass is 9.82. The molecule has 2 aliphatic heterocycles. The summed E-state index contributed by atoms with van der Waals surface area (Å²) in [4.78, 5) is 2.95. The van der Waals surface area contributed by atoms with E-state index >= 15 is 0 Å². The fraction of sp³-hybridized carbons (Fsp3) is 0.714. The van der Waals surface area contributed by atoms with Crippen LogP contribution >= 0.6 is 0 Å². The Labute approximate surface area is 146 Å². The summed E-state index contributed by atoms with van der Waals surface area (Å²) < 4.78 is 0. The Kier molecular flexibility index (Phi) is 4.71. The fourth-order valence-electron chi connectivity index (χ4n) is 5.75. The average Bonchev–Trinajstić information content (AvgIpc) is 2.80. The molecule has 3 nitrogen and oxygen atoms in total. The number of hydrogen-bond acceptors (Lipinski definition) is 3. The Hall–Kier alpha value is -1.22. The molecule has 2 saturated heterocycles. The standard InChI is InChI=1S/C21H33N3/c22-20-10-6-9-19(21(20)23)15-13-17-11-12-18(14-15)24(17)16-7-4-2-1-3-5-8-16/h6,9-10,15-18H,1-5,7-8,11-14,22-23H2/t15-,17-,18+. The van der Waals surface area contributed by atoms with Gasteiger partial charge in [-0.15, -0.1) is 0 Å². The molecule has 1 aliphatic carbocycles. The predicted octanol–water partition coefficient (Wildman–Crippen LogP) is 4.67. The van der Waals surface area contributed by atoms with Gasteiger partial charge in [0, 0.05) is 18.1 Å². The van der Waals surface area contributed by atoms with E-state index in [1.54, 1.807) is 0 Å². The predicted molar refractivity (Wildman–Crippen MR) is 102 cm³/mol. The second kappa shape index (κ2) is 6.95. The second-order valence-electron chi connectivity index (χ2n) is 8.35. The van der Waals surface area contributed by atoms with Gasteiger partial charge in [0.1, 0.15) is 0 Å². The van der Waals surface area contributed by atoms with Crippen LogP contribution in [0.25, 0.3) is 0 Å². The van der Waals surface area contributed by atoms with Crippen molar-refractivity contribution in [1.82, 2.24) is 4.90 Å². The third-order valence-electron chi connectivity index (χ3n) is 6.90. The van der Waals surface area contributed by atoms with E-state index in [-0.39, 0.29) is 0 Å². The third kappa shape index (κ3) is 3.03. The van der Waals surface area contributed by atoms with Crippen LogP contribution in [-0.2, 0) is 0 Å². The van der Waals surface area contributed by atoms with Gasteiger partial charge in [0.15, 0.2) is 0 Å². The molecule has 24 heavy (non-hydrogen) atoms. The van der Waals surface area contributed by atoms with Crippen molar-refractivity contribution in [1.29, 1.82) is 0 Å². The number of anilines is 2. The van der Waals surface area contributed by atoms with Gasteiger partial charge in [-0.25, -0.2) is 0 Å². The summed E-state index contributed by atoms with van der Waals surface area (Å²) >= 11 is 0. The molecular formula is C21H33N3. The number of fused-ring (bicyclic) bond motifs is 2. The summed E-state index contributed by atoms with van der Waals surface area (Å²) in [5.41, 5.74) is 15.3. The minimum absolute atomic E-state index is 0.607. The largest absolute Gasteiger partial charge is 0.397 e. The van der Waals surface area contributed by atoms with Gasteiger partial charge in [-0.05, 0) is 56.1 Å². The van der Waals surface area contributed by atoms with Gasteiger partial charge in [-0.3, -0.25) is 4.90 Å². The number of rotatable bonds is 2. The number of benzene rings is 1. The number of para-hydroxylation sites is 1. The first-order valence-electron chi connectivity index (χ1n) is 10.2. The highest BCUT2D eigenvalue weighted by atomic mass is 15.2. The smallest absolute Gasteiger partial charge is 0.0583 e. The Morgan fingerprint density at radius 3 is 2.04 bits per heavy atom. The highest BCUT2D eigenvalue weighted by Gasteiger charge is 2.44. The maximum absolute atomic E-state index is 6.30. The summed E-state index contributed by atoms with van der Waals surface area (Å²) in [6.45, 7) is 0. The molecule has 0 unspecified atom stereocenters. The Balaban J connectivity index is 1.50. The topological polar surface area (TPSA) is 55.3 Å². The third-order valence-corrected chi connectivity index (χ3v) is 6.90. The van der Waals surface area contributed by atoms with Crippen LogP contribution in [0.3, 0.4) is 0 Å². The highest BCUT2D eigenvalue weighted by Crippen LogP contribution is 2.47. The van der Waals surface area contributed by atoms with Crippen LogP contribution in [0.15, 0.2) is 18.2 Å². The Morgan fingerprint density at radius 2 is 1.38 bits per heavy atom. The van der Waals surface area contributed by atoms with Crippen LogP contribution in [0, 0.1) is 0 Å². The minimum atomic E-state index is 0.607. The van der Waals surface area contributed by atoms with Crippen LogP contribution in [0.4, 0.5) is 11.4 Å².